The smallest absolute Gasteiger partial charge is 0.220 e. The van der Waals surface area contributed by atoms with E-state index in [1.54, 1.807) is 6.08 Å². The number of rotatable bonds is 58. The summed E-state index contributed by atoms with van der Waals surface area (Å²) in [6, 6.07) is -0.622. The monoisotopic (exact) mass is 954 g/mol. The molecule has 0 aromatic rings. The maximum absolute atomic E-state index is 12.5. The number of aliphatic hydroxyl groups excluding tert-OH is 2. The third kappa shape index (κ3) is 55.5. The fourth-order valence-corrected chi connectivity index (χ4v) is 9.86. The quantitative estimate of drug-likeness (QED) is 0.0420. The van der Waals surface area contributed by atoms with Crippen molar-refractivity contribution in [2.45, 2.75) is 360 Å². The van der Waals surface area contributed by atoms with Gasteiger partial charge in [-0.25, -0.2) is 0 Å². The normalized spacial score (nSPS) is 12.9. The van der Waals surface area contributed by atoms with Crippen LogP contribution in [0.2, 0.25) is 0 Å². The number of allylic oxidation sites excluding steroid dienone is 5. The second-order valence-electron chi connectivity index (χ2n) is 21.5. The van der Waals surface area contributed by atoms with E-state index >= 15 is 0 Å². The Labute approximate surface area is 427 Å². The molecule has 0 bridgehead atoms. The lowest BCUT2D eigenvalue weighted by atomic mass is 10.0. The van der Waals surface area contributed by atoms with Gasteiger partial charge in [0.05, 0.1) is 18.8 Å². The molecule has 68 heavy (non-hydrogen) atoms. The van der Waals surface area contributed by atoms with Gasteiger partial charge in [0.1, 0.15) is 0 Å². The van der Waals surface area contributed by atoms with E-state index in [0.29, 0.717) is 6.42 Å². The summed E-state index contributed by atoms with van der Waals surface area (Å²) in [4.78, 5) is 12.5. The summed E-state index contributed by atoms with van der Waals surface area (Å²) in [5.41, 5.74) is 0. The van der Waals surface area contributed by atoms with E-state index in [2.05, 4.69) is 43.5 Å². The van der Waals surface area contributed by atoms with E-state index in [4.69, 9.17) is 0 Å². The molecule has 0 rings (SSSR count). The number of aliphatic hydroxyl groups is 2. The van der Waals surface area contributed by atoms with Crippen LogP contribution in [-0.2, 0) is 4.79 Å². The van der Waals surface area contributed by atoms with Gasteiger partial charge in [-0.2, -0.15) is 0 Å². The minimum absolute atomic E-state index is 0.0581. The van der Waals surface area contributed by atoms with Crippen LogP contribution >= 0.6 is 0 Å². The third-order valence-electron chi connectivity index (χ3n) is 14.6. The second kappa shape index (κ2) is 59.9. The zero-order chi connectivity index (χ0) is 49.2. The highest BCUT2D eigenvalue weighted by Crippen LogP contribution is 2.18. The molecule has 0 saturated heterocycles. The van der Waals surface area contributed by atoms with E-state index < -0.39 is 12.1 Å². The molecule has 4 heteroatoms. The molecule has 0 spiro atoms. The Bertz CT molecular complexity index is 1040. The molecule has 0 heterocycles. The first-order valence-electron chi connectivity index (χ1n) is 31.2. The van der Waals surface area contributed by atoms with E-state index in [9.17, 15) is 15.0 Å². The molecule has 2 atom stereocenters. The number of hydrogen-bond donors (Lipinski definition) is 3. The van der Waals surface area contributed by atoms with Crippen LogP contribution in [0.15, 0.2) is 36.5 Å². The van der Waals surface area contributed by atoms with Gasteiger partial charge in [-0.05, 0) is 51.4 Å². The van der Waals surface area contributed by atoms with E-state index in [-0.39, 0.29) is 12.5 Å². The largest absolute Gasteiger partial charge is 0.394 e. The van der Waals surface area contributed by atoms with Crippen LogP contribution in [0.3, 0.4) is 0 Å². The van der Waals surface area contributed by atoms with Crippen molar-refractivity contribution >= 4 is 5.91 Å². The van der Waals surface area contributed by atoms with Crippen LogP contribution in [0.1, 0.15) is 348 Å². The van der Waals surface area contributed by atoms with Crippen LogP contribution in [-0.4, -0.2) is 34.9 Å². The van der Waals surface area contributed by atoms with Gasteiger partial charge in [0, 0.05) is 6.42 Å². The van der Waals surface area contributed by atoms with Crippen molar-refractivity contribution in [1.29, 1.82) is 0 Å². The van der Waals surface area contributed by atoms with Gasteiger partial charge < -0.3 is 15.5 Å². The maximum Gasteiger partial charge on any atom is 0.220 e. The summed E-state index contributed by atoms with van der Waals surface area (Å²) in [5.74, 6) is -0.0581. The van der Waals surface area contributed by atoms with Crippen molar-refractivity contribution in [2.75, 3.05) is 6.61 Å². The Balaban J connectivity index is 3.44. The first-order chi connectivity index (χ1) is 33.7. The summed E-state index contributed by atoms with van der Waals surface area (Å²) in [7, 11) is 0. The Morgan fingerprint density at radius 1 is 0.353 bits per heavy atom. The van der Waals surface area contributed by atoms with Crippen LogP contribution in [0.25, 0.3) is 0 Å². The highest BCUT2D eigenvalue weighted by atomic mass is 16.3. The topological polar surface area (TPSA) is 69.6 Å². The summed E-state index contributed by atoms with van der Waals surface area (Å²) in [5, 5.41) is 23.2. The molecule has 1 amide bonds. The molecular weight excluding hydrogens is 831 g/mol. The standard InChI is InChI=1S/C64H123NO3/c1-3-5-7-9-11-13-15-17-19-21-23-25-26-27-28-29-30-31-32-33-34-35-36-37-38-40-42-44-46-48-50-52-54-56-58-60-64(68)65-62(61-66)63(67)59-57-55-53-51-49-47-45-43-41-39-24-22-20-18-16-14-12-10-8-6-4-2/h26-27,29-30,57,59,62-63,66-67H,3-25,28,31-56,58,60-61H2,1-2H3,(H,65,68)/b27-26-,30-29-,59-57+. The Morgan fingerprint density at radius 3 is 0.882 bits per heavy atom. The van der Waals surface area contributed by atoms with Crippen LogP contribution < -0.4 is 5.32 Å². The molecule has 4 nitrogen and oxygen atoms in total. The lowest BCUT2D eigenvalue weighted by molar-refractivity contribution is -0.123. The molecule has 0 aliphatic carbocycles. The Hall–Kier alpha value is -1.39. The maximum atomic E-state index is 12.5. The number of unbranched alkanes of at least 4 members (excludes halogenated alkanes) is 47. The van der Waals surface area contributed by atoms with E-state index in [1.165, 1.54) is 295 Å². The van der Waals surface area contributed by atoms with Gasteiger partial charge in [-0.3, -0.25) is 4.79 Å². The molecule has 3 N–H and O–H groups in total. The lowest BCUT2D eigenvalue weighted by Gasteiger charge is -2.20. The van der Waals surface area contributed by atoms with Crippen molar-refractivity contribution in [3.8, 4) is 0 Å². The predicted molar refractivity (Wildman–Crippen MR) is 304 cm³/mol. The number of carbonyl (C=O) groups is 1. The minimum Gasteiger partial charge on any atom is -0.394 e. The molecule has 0 aromatic carbocycles. The summed E-state index contributed by atoms with van der Waals surface area (Å²) in [6.07, 6.45) is 81.9. The summed E-state index contributed by atoms with van der Waals surface area (Å²) in [6.45, 7) is 4.35. The van der Waals surface area contributed by atoms with Crippen LogP contribution in [0, 0.1) is 0 Å². The zero-order valence-electron chi connectivity index (χ0n) is 46.4. The highest BCUT2D eigenvalue weighted by Gasteiger charge is 2.18. The van der Waals surface area contributed by atoms with Crippen molar-refractivity contribution < 1.29 is 15.0 Å². The number of carbonyl (C=O) groups excluding carboxylic acids is 1. The third-order valence-corrected chi connectivity index (χ3v) is 14.6. The van der Waals surface area contributed by atoms with Crippen LogP contribution in [0.4, 0.5) is 0 Å². The predicted octanol–water partition coefficient (Wildman–Crippen LogP) is 20.8. The number of nitrogens with one attached hydrogen (secondary N) is 1. The molecule has 0 saturated carbocycles. The molecule has 0 aromatic heterocycles. The highest BCUT2D eigenvalue weighted by molar-refractivity contribution is 5.76. The fraction of sp³-hybridized carbons (Fsp3) is 0.891. The van der Waals surface area contributed by atoms with Crippen molar-refractivity contribution in [1.82, 2.24) is 5.32 Å². The average molecular weight is 955 g/mol. The molecule has 0 aliphatic rings. The lowest BCUT2D eigenvalue weighted by Crippen LogP contribution is -2.45. The SMILES string of the molecule is CCCCCCCCCCCCC/C=C\C/C=C\CCCCCCCCCCCCCCCCCCCC(=O)NC(CO)C(O)/C=C/CCCCCCCCCCCCCCCCCCCCC. The molecule has 402 valence electrons. The molecule has 0 aliphatic heterocycles. The van der Waals surface area contributed by atoms with Gasteiger partial charge >= 0.3 is 0 Å². The molecule has 2 unspecified atom stereocenters. The molecule has 0 fully saturated rings. The summed E-state index contributed by atoms with van der Waals surface area (Å²) < 4.78 is 0. The average Bonchev–Trinajstić information content (AvgIpc) is 3.34. The van der Waals surface area contributed by atoms with Gasteiger partial charge in [0.15, 0.2) is 0 Å². The van der Waals surface area contributed by atoms with Gasteiger partial charge in [0.2, 0.25) is 5.91 Å². The molecular formula is C64H123NO3. The first-order valence-corrected chi connectivity index (χ1v) is 31.2. The van der Waals surface area contributed by atoms with Crippen molar-refractivity contribution in [2.24, 2.45) is 0 Å². The Morgan fingerprint density at radius 2 is 0.603 bits per heavy atom. The number of amides is 1. The van der Waals surface area contributed by atoms with Crippen molar-refractivity contribution in [3.63, 3.8) is 0 Å². The molecule has 0 radical (unpaired) electrons. The minimum atomic E-state index is -0.839. The van der Waals surface area contributed by atoms with Gasteiger partial charge in [-0.1, -0.05) is 326 Å². The second-order valence-corrected chi connectivity index (χ2v) is 21.5. The van der Waals surface area contributed by atoms with Gasteiger partial charge in [0.25, 0.3) is 0 Å². The van der Waals surface area contributed by atoms with E-state index in [1.807, 2.05) is 6.08 Å². The van der Waals surface area contributed by atoms with Gasteiger partial charge in [-0.15, -0.1) is 0 Å². The fourth-order valence-electron chi connectivity index (χ4n) is 9.86. The first kappa shape index (κ1) is 66.6. The number of hydrogen-bond acceptors (Lipinski definition) is 3. The van der Waals surface area contributed by atoms with Crippen molar-refractivity contribution in [3.05, 3.63) is 36.5 Å². The summed E-state index contributed by atoms with van der Waals surface area (Å²) >= 11 is 0. The van der Waals surface area contributed by atoms with Crippen LogP contribution in [0.5, 0.6) is 0 Å². The zero-order valence-corrected chi connectivity index (χ0v) is 46.4. The van der Waals surface area contributed by atoms with E-state index in [0.717, 1.165) is 32.1 Å². The Kier molecular flexibility index (Phi) is 58.7.